The molecule has 0 spiro atoms. The van der Waals surface area contributed by atoms with Crippen LogP contribution < -0.4 is 0 Å². The van der Waals surface area contributed by atoms with E-state index in [-0.39, 0.29) is 5.82 Å². The van der Waals surface area contributed by atoms with Crippen molar-refractivity contribution >= 4 is 0 Å². The zero-order chi connectivity index (χ0) is 10.8. The van der Waals surface area contributed by atoms with Crippen molar-refractivity contribution in [1.29, 1.82) is 0 Å². The maximum atomic E-state index is 12.8. The molecule has 0 bridgehead atoms. The molecule has 78 valence electrons. The van der Waals surface area contributed by atoms with Gasteiger partial charge in [-0.25, -0.2) is 4.39 Å². The fraction of sp³-hybridized carbons (Fsp3) is 0.250. The van der Waals surface area contributed by atoms with Crippen molar-refractivity contribution in [1.82, 2.24) is 9.78 Å². The molecule has 2 aromatic rings. The SMILES string of the molecule is CCc1nn(C)cc1-c1ccc(F)cc1. The average Bonchev–Trinajstić information content (AvgIpc) is 2.61. The molecule has 1 aromatic carbocycles. The van der Waals surface area contributed by atoms with Crippen LogP contribution in [-0.2, 0) is 13.5 Å². The average molecular weight is 204 g/mol. The van der Waals surface area contributed by atoms with Gasteiger partial charge in [-0.3, -0.25) is 4.68 Å². The van der Waals surface area contributed by atoms with Gasteiger partial charge in [0.05, 0.1) is 5.69 Å². The van der Waals surface area contributed by atoms with Crippen LogP contribution >= 0.6 is 0 Å². The molecular formula is C12H13FN2. The summed E-state index contributed by atoms with van der Waals surface area (Å²) in [5.74, 6) is -0.208. The topological polar surface area (TPSA) is 17.8 Å². The van der Waals surface area contributed by atoms with Gasteiger partial charge >= 0.3 is 0 Å². The Morgan fingerprint density at radius 3 is 2.53 bits per heavy atom. The lowest BCUT2D eigenvalue weighted by Crippen LogP contribution is -1.89. The number of rotatable bonds is 2. The molecular weight excluding hydrogens is 191 g/mol. The Bertz CT molecular complexity index is 457. The van der Waals surface area contributed by atoms with E-state index in [4.69, 9.17) is 0 Å². The molecule has 0 fully saturated rings. The van der Waals surface area contributed by atoms with Crippen LogP contribution in [-0.4, -0.2) is 9.78 Å². The molecule has 0 saturated heterocycles. The number of halogens is 1. The van der Waals surface area contributed by atoms with Gasteiger partial charge < -0.3 is 0 Å². The summed E-state index contributed by atoms with van der Waals surface area (Å²) < 4.78 is 14.6. The molecule has 0 unspecified atom stereocenters. The van der Waals surface area contributed by atoms with E-state index >= 15 is 0 Å². The monoisotopic (exact) mass is 204 g/mol. The Kier molecular flexibility index (Phi) is 2.54. The van der Waals surface area contributed by atoms with Crippen molar-refractivity contribution in [2.24, 2.45) is 7.05 Å². The Hall–Kier alpha value is -1.64. The lowest BCUT2D eigenvalue weighted by atomic mass is 10.1. The van der Waals surface area contributed by atoms with Crippen LogP contribution in [0.5, 0.6) is 0 Å². The van der Waals surface area contributed by atoms with Crippen LogP contribution in [0.3, 0.4) is 0 Å². The largest absolute Gasteiger partial charge is 0.275 e. The first-order chi connectivity index (χ1) is 7.20. The van der Waals surface area contributed by atoms with Crippen molar-refractivity contribution < 1.29 is 4.39 Å². The molecule has 1 heterocycles. The number of benzene rings is 1. The summed E-state index contributed by atoms with van der Waals surface area (Å²) in [6.07, 6.45) is 2.85. The third kappa shape index (κ3) is 1.91. The smallest absolute Gasteiger partial charge is 0.123 e. The van der Waals surface area contributed by atoms with Crippen LogP contribution in [0.4, 0.5) is 4.39 Å². The second-order valence-corrected chi connectivity index (χ2v) is 3.52. The van der Waals surface area contributed by atoms with Gasteiger partial charge in [-0.2, -0.15) is 5.10 Å². The fourth-order valence-corrected chi connectivity index (χ4v) is 1.67. The summed E-state index contributed by atoms with van der Waals surface area (Å²) in [5.41, 5.74) is 3.14. The standard InChI is InChI=1S/C12H13FN2/c1-3-12-11(8-15(2)14-12)9-4-6-10(13)7-5-9/h4-8H,3H2,1-2H3. The van der Waals surface area contributed by atoms with Crippen LogP contribution in [0.1, 0.15) is 12.6 Å². The van der Waals surface area contributed by atoms with E-state index in [0.29, 0.717) is 0 Å². The quantitative estimate of drug-likeness (QED) is 0.735. The molecule has 0 aliphatic rings. The fourth-order valence-electron chi connectivity index (χ4n) is 1.67. The molecule has 1 aromatic heterocycles. The molecule has 0 atom stereocenters. The number of hydrogen-bond acceptors (Lipinski definition) is 1. The normalized spacial score (nSPS) is 10.6. The number of nitrogens with zero attached hydrogens (tertiary/aromatic N) is 2. The summed E-state index contributed by atoms with van der Waals surface area (Å²) >= 11 is 0. The zero-order valence-corrected chi connectivity index (χ0v) is 8.87. The summed E-state index contributed by atoms with van der Waals surface area (Å²) in [7, 11) is 1.90. The van der Waals surface area contributed by atoms with E-state index in [2.05, 4.69) is 12.0 Å². The first kappa shape index (κ1) is 9.90. The summed E-state index contributed by atoms with van der Waals surface area (Å²) in [6.45, 7) is 2.06. The summed E-state index contributed by atoms with van der Waals surface area (Å²) in [6, 6.07) is 6.51. The number of hydrogen-bond donors (Lipinski definition) is 0. The highest BCUT2D eigenvalue weighted by Gasteiger charge is 2.07. The molecule has 0 amide bonds. The molecule has 0 radical (unpaired) electrons. The summed E-state index contributed by atoms with van der Waals surface area (Å²) in [5, 5.41) is 4.35. The maximum Gasteiger partial charge on any atom is 0.123 e. The van der Waals surface area contributed by atoms with Gasteiger partial charge in [0.15, 0.2) is 0 Å². The Balaban J connectivity index is 2.48. The Morgan fingerprint density at radius 1 is 1.27 bits per heavy atom. The summed E-state index contributed by atoms with van der Waals surface area (Å²) in [4.78, 5) is 0. The van der Waals surface area contributed by atoms with Crippen molar-refractivity contribution in [3.8, 4) is 11.1 Å². The van der Waals surface area contributed by atoms with Crippen LogP contribution in [0.25, 0.3) is 11.1 Å². The van der Waals surface area contributed by atoms with Crippen molar-refractivity contribution in [2.45, 2.75) is 13.3 Å². The predicted octanol–water partition coefficient (Wildman–Crippen LogP) is 2.79. The zero-order valence-electron chi connectivity index (χ0n) is 8.87. The van der Waals surface area contributed by atoms with Crippen LogP contribution in [0.15, 0.2) is 30.5 Å². The number of aromatic nitrogens is 2. The second-order valence-electron chi connectivity index (χ2n) is 3.52. The predicted molar refractivity (Wildman–Crippen MR) is 58.0 cm³/mol. The van der Waals surface area contributed by atoms with Crippen molar-refractivity contribution in [3.05, 3.63) is 42.0 Å². The minimum absolute atomic E-state index is 0.208. The van der Waals surface area contributed by atoms with E-state index in [1.54, 1.807) is 16.8 Å². The van der Waals surface area contributed by atoms with E-state index < -0.39 is 0 Å². The first-order valence-electron chi connectivity index (χ1n) is 4.99. The van der Waals surface area contributed by atoms with Gasteiger partial charge in [-0.15, -0.1) is 0 Å². The highest BCUT2D eigenvalue weighted by molar-refractivity contribution is 5.65. The Morgan fingerprint density at radius 2 is 1.93 bits per heavy atom. The Labute approximate surface area is 88.4 Å². The molecule has 15 heavy (non-hydrogen) atoms. The van der Waals surface area contributed by atoms with Gasteiger partial charge in [0.2, 0.25) is 0 Å². The minimum Gasteiger partial charge on any atom is -0.275 e. The first-order valence-corrected chi connectivity index (χ1v) is 4.99. The van der Waals surface area contributed by atoms with Crippen LogP contribution in [0, 0.1) is 5.82 Å². The van der Waals surface area contributed by atoms with E-state index in [0.717, 1.165) is 23.2 Å². The third-order valence-corrected chi connectivity index (χ3v) is 2.40. The number of aryl methyl sites for hydroxylation is 2. The molecule has 2 nitrogen and oxygen atoms in total. The molecule has 2 rings (SSSR count). The maximum absolute atomic E-state index is 12.8. The van der Waals surface area contributed by atoms with Crippen LogP contribution in [0.2, 0.25) is 0 Å². The van der Waals surface area contributed by atoms with Gasteiger partial charge in [-0.1, -0.05) is 19.1 Å². The molecule has 0 aliphatic heterocycles. The molecule has 0 aliphatic carbocycles. The van der Waals surface area contributed by atoms with Gasteiger partial charge in [-0.05, 0) is 24.1 Å². The third-order valence-electron chi connectivity index (χ3n) is 2.40. The van der Waals surface area contributed by atoms with E-state index in [9.17, 15) is 4.39 Å². The van der Waals surface area contributed by atoms with Gasteiger partial charge in [0, 0.05) is 18.8 Å². The lowest BCUT2D eigenvalue weighted by molar-refractivity contribution is 0.628. The highest BCUT2D eigenvalue weighted by Crippen LogP contribution is 2.23. The van der Waals surface area contributed by atoms with Gasteiger partial charge in [0.25, 0.3) is 0 Å². The van der Waals surface area contributed by atoms with E-state index in [1.807, 2.05) is 13.2 Å². The van der Waals surface area contributed by atoms with Gasteiger partial charge in [0.1, 0.15) is 5.82 Å². The second kappa shape index (κ2) is 3.85. The molecule has 0 N–H and O–H groups in total. The van der Waals surface area contributed by atoms with Crippen molar-refractivity contribution in [3.63, 3.8) is 0 Å². The minimum atomic E-state index is -0.208. The molecule has 0 saturated carbocycles. The van der Waals surface area contributed by atoms with Crippen molar-refractivity contribution in [2.75, 3.05) is 0 Å². The lowest BCUT2D eigenvalue weighted by Gasteiger charge is -1.99. The van der Waals surface area contributed by atoms with E-state index in [1.165, 1.54) is 12.1 Å². The highest BCUT2D eigenvalue weighted by atomic mass is 19.1. The molecule has 3 heteroatoms.